The zero-order chi connectivity index (χ0) is 14.6. The molecule has 19 heavy (non-hydrogen) atoms. The van der Waals surface area contributed by atoms with Crippen LogP contribution in [0.3, 0.4) is 0 Å². The number of anilines is 1. The Morgan fingerprint density at radius 2 is 1.89 bits per heavy atom. The van der Waals surface area contributed by atoms with E-state index >= 15 is 0 Å². The lowest BCUT2D eigenvalue weighted by Gasteiger charge is -2.17. The zero-order valence-corrected chi connectivity index (χ0v) is 13.1. The smallest absolute Gasteiger partial charge is 0.238 e. The van der Waals surface area contributed by atoms with Crippen LogP contribution in [0.2, 0.25) is 5.02 Å². The largest absolute Gasteiger partial charge is 0.381 e. The second-order valence-electron chi connectivity index (χ2n) is 5.20. The van der Waals surface area contributed by atoms with E-state index in [0.717, 1.165) is 12.8 Å². The molecule has 4 nitrogen and oxygen atoms in total. The van der Waals surface area contributed by atoms with Gasteiger partial charge in [-0.1, -0.05) is 25.4 Å². The Balaban J connectivity index is 2.83. The fourth-order valence-corrected chi connectivity index (χ4v) is 2.42. The van der Waals surface area contributed by atoms with Gasteiger partial charge >= 0.3 is 0 Å². The van der Waals surface area contributed by atoms with Gasteiger partial charge in [0.2, 0.25) is 10.0 Å². The minimum atomic E-state index is -3.70. The average Bonchev–Trinajstić information content (AvgIpc) is 2.28. The van der Waals surface area contributed by atoms with E-state index in [1.54, 1.807) is 6.07 Å². The summed E-state index contributed by atoms with van der Waals surface area (Å²) in [7, 11) is -3.70. The predicted molar refractivity (Wildman–Crippen MR) is 80.0 cm³/mol. The number of nitrogens with two attached hydrogens (primary N) is 1. The van der Waals surface area contributed by atoms with Gasteiger partial charge in [-0.15, -0.1) is 0 Å². The van der Waals surface area contributed by atoms with E-state index in [1.165, 1.54) is 12.1 Å². The summed E-state index contributed by atoms with van der Waals surface area (Å²) in [5.74, 6) is 0.635. The van der Waals surface area contributed by atoms with Crippen LogP contribution in [0.25, 0.3) is 0 Å². The van der Waals surface area contributed by atoms with Crippen LogP contribution in [-0.4, -0.2) is 14.5 Å². The highest BCUT2D eigenvalue weighted by Crippen LogP contribution is 2.26. The number of sulfonamides is 1. The maximum atomic E-state index is 11.3. The highest BCUT2D eigenvalue weighted by atomic mass is 35.5. The number of primary sulfonamides is 1. The van der Waals surface area contributed by atoms with Crippen LogP contribution in [0, 0.1) is 5.92 Å². The molecule has 0 aromatic heterocycles. The van der Waals surface area contributed by atoms with Crippen molar-refractivity contribution in [2.75, 3.05) is 5.32 Å². The van der Waals surface area contributed by atoms with Gasteiger partial charge in [-0.25, -0.2) is 13.6 Å². The molecule has 0 fully saturated rings. The first-order valence-corrected chi connectivity index (χ1v) is 8.21. The number of hydrogen-bond donors (Lipinski definition) is 2. The van der Waals surface area contributed by atoms with Crippen molar-refractivity contribution in [2.24, 2.45) is 11.1 Å². The average molecular weight is 305 g/mol. The Kier molecular flexibility index (Phi) is 5.64. The fraction of sp³-hybridized carbons (Fsp3) is 0.538. The van der Waals surface area contributed by atoms with Crippen molar-refractivity contribution >= 4 is 27.3 Å². The highest BCUT2D eigenvalue weighted by molar-refractivity contribution is 7.89. The van der Waals surface area contributed by atoms with Gasteiger partial charge in [0.05, 0.1) is 15.6 Å². The number of nitrogens with one attached hydrogen (secondary N) is 1. The topological polar surface area (TPSA) is 72.2 Å². The van der Waals surface area contributed by atoms with Crippen molar-refractivity contribution < 1.29 is 8.42 Å². The molecule has 0 saturated heterocycles. The summed E-state index contributed by atoms with van der Waals surface area (Å²) >= 11 is 6.05. The molecule has 1 aromatic carbocycles. The van der Waals surface area contributed by atoms with Gasteiger partial charge in [-0.2, -0.15) is 0 Å². The van der Waals surface area contributed by atoms with Crippen LogP contribution in [0.4, 0.5) is 5.69 Å². The van der Waals surface area contributed by atoms with Crippen molar-refractivity contribution in [1.29, 1.82) is 0 Å². The molecule has 0 amide bonds. The molecule has 0 aliphatic heterocycles. The van der Waals surface area contributed by atoms with Crippen LogP contribution < -0.4 is 10.5 Å². The van der Waals surface area contributed by atoms with Gasteiger partial charge in [0.1, 0.15) is 0 Å². The Morgan fingerprint density at radius 3 is 2.42 bits per heavy atom. The number of rotatable bonds is 6. The van der Waals surface area contributed by atoms with E-state index in [1.807, 2.05) is 6.92 Å². The van der Waals surface area contributed by atoms with Crippen molar-refractivity contribution in [2.45, 2.75) is 44.6 Å². The van der Waals surface area contributed by atoms with Crippen molar-refractivity contribution in [3.05, 3.63) is 23.2 Å². The molecule has 1 atom stereocenters. The van der Waals surface area contributed by atoms with E-state index in [4.69, 9.17) is 16.7 Å². The summed E-state index contributed by atoms with van der Waals surface area (Å²) in [5.41, 5.74) is 0.601. The van der Waals surface area contributed by atoms with E-state index in [9.17, 15) is 8.42 Å². The molecular weight excluding hydrogens is 284 g/mol. The highest BCUT2D eigenvalue weighted by Gasteiger charge is 2.12. The summed E-state index contributed by atoms with van der Waals surface area (Å²) in [4.78, 5) is 0.0652. The summed E-state index contributed by atoms with van der Waals surface area (Å²) < 4.78 is 22.6. The third kappa shape index (κ3) is 5.38. The molecule has 108 valence electrons. The Bertz CT molecular complexity index is 529. The minimum absolute atomic E-state index is 0.0652. The van der Waals surface area contributed by atoms with E-state index in [-0.39, 0.29) is 10.9 Å². The summed E-state index contributed by atoms with van der Waals surface area (Å²) in [6.45, 7) is 6.38. The van der Waals surface area contributed by atoms with Crippen molar-refractivity contribution in [1.82, 2.24) is 0 Å². The van der Waals surface area contributed by atoms with Gasteiger partial charge in [0.25, 0.3) is 0 Å². The summed E-state index contributed by atoms with van der Waals surface area (Å²) in [6.07, 6.45) is 2.09. The number of halogens is 1. The SMILES string of the molecule is CC(C)CCC(C)Nc1cc(S(N)(=O)=O)ccc1Cl. The van der Waals surface area contributed by atoms with Gasteiger partial charge in [0, 0.05) is 6.04 Å². The third-order valence-corrected chi connectivity index (χ3v) is 4.09. The molecule has 0 spiro atoms. The first-order valence-electron chi connectivity index (χ1n) is 6.29. The van der Waals surface area contributed by atoms with Gasteiger partial charge < -0.3 is 5.32 Å². The molecule has 1 aromatic rings. The maximum absolute atomic E-state index is 11.3. The maximum Gasteiger partial charge on any atom is 0.238 e. The number of benzene rings is 1. The van der Waals surface area contributed by atoms with Crippen LogP contribution in [0.5, 0.6) is 0 Å². The Labute approximate surface area is 120 Å². The van der Waals surface area contributed by atoms with Crippen molar-refractivity contribution in [3.63, 3.8) is 0 Å². The lowest BCUT2D eigenvalue weighted by molar-refractivity contribution is 0.527. The quantitative estimate of drug-likeness (QED) is 0.847. The second kappa shape index (κ2) is 6.59. The van der Waals surface area contributed by atoms with Crippen molar-refractivity contribution in [3.8, 4) is 0 Å². The van der Waals surface area contributed by atoms with Crippen LogP contribution in [0.15, 0.2) is 23.1 Å². The van der Waals surface area contributed by atoms with Crippen LogP contribution >= 0.6 is 11.6 Å². The summed E-state index contributed by atoms with van der Waals surface area (Å²) in [5, 5.41) is 8.82. The second-order valence-corrected chi connectivity index (χ2v) is 7.17. The lowest BCUT2D eigenvalue weighted by atomic mass is 10.0. The molecule has 3 N–H and O–H groups in total. The molecule has 1 rings (SSSR count). The molecule has 0 heterocycles. The minimum Gasteiger partial charge on any atom is -0.381 e. The van der Waals surface area contributed by atoms with Gasteiger partial charge in [0.15, 0.2) is 0 Å². The predicted octanol–water partition coefficient (Wildman–Crippen LogP) is 3.22. The standard InChI is InChI=1S/C13H21ClN2O2S/c1-9(2)4-5-10(3)16-13-8-11(19(15,17)18)6-7-12(13)14/h6-10,16H,4-5H2,1-3H3,(H2,15,17,18). The van der Waals surface area contributed by atoms with Gasteiger partial charge in [-0.05, 0) is 43.9 Å². The molecule has 0 aliphatic carbocycles. The van der Waals surface area contributed by atoms with E-state index in [0.29, 0.717) is 16.6 Å². The third-order valence-electron chi connectivity index (χ3n) is 2.85. The molecule has 0 aliphatic rings. The van der Waals surface area contributed by atoms with E-state index < -0.39 is 10.0 Å². The molecule has 6 heteroatoms. The first kappa shape index (κ1) is 16.3. The normalized spacial score (nSPS) is 13.6. The fourth-order valence-electron chi connectivity index (χ4n) is 1.71. The Morgan fingerprint density at radius 1 is 1.26 bits per heavy atom. The lowest BCUT2D eigenvalue weighted by Crippen LogP contribution is -2.17. The zero-order valence-electron chi connectivity index (χ0n) is 11.5. The molecular formula is C13H21ClN2O2S. The van der Waals surface area contributed by atoms with E-state index in [2.05, 4.69) is 19.2 Å². The Hall–Kier alpha value is -0.780. The first-order chi connectivity index (χ1) is 8.70. The molecule has 0 bridgehead atoms. The molecule has 0 saturated carbocycles. The van der Waals surface area contributed by atoms with Gasteiger partial charge in [-0.3, -0.25) is 0 Å². The molecule has 0 radical (unpaired) electrons. The monoisotopic (exact) mass is 304 g/mol. The van der Waals surface area contributed by atoms with Crippen LogP contribution in [0.1, 0.15) is 33.6 Å². The van der Waals surface area contributed by atoms with Crippen LogP contribution in [-0.2, 0) is 10.0 Å². The number of hydrogen-bond acceptors (Lipinski definition) is 3. The summed E-state index contributed by atoms with van der Waals surface area (Å²) in [6, 6.07) is 4.64. The molecule has 1 unspecified atom stereocenters.